The molecule has 0 radical (unpaired) electrons. The molecule has 0 bridgehead atoms. The summed E-state index contributed by atoms with van der Waals surface area (Å²) < 4.78 is 5.35. The number of pyridine rings is 1. The molecule has 1 aliphatic heterocycles. The van der Waals surface area contributed by atoms with Gasteiger partial charge in [-0.2, -0.15) is 0 Å². The third-order valence-electron chi connectivity index (χ3n) is 5.07. The van der Waals surface area contributed by atoms with Crippen molar-refractivity contribution in [1.82, 2.24) is 19.9 Å². The first-order valence-electron chi connectivity index (χ1n) is 9.41. The average molecular weight is 374 g/mol. The molecule has 2 aromatic heterocycles. The summed E-state index contributed by atoms with van der Waals surface area (Å²) in [6.07, 6.45) is 8.64. The Labute approximate surface area is 164 Å². The van der Waals surface area contributed by atoms with Crippen molar-refractivity contribution in [2.75, 3.05) is 20.2 Å². The number of amides is 1. The lowest BCUT2D eigenvalue weighted by Gasteiger charge is -2.33. The highest BCUT2D eigenvalue weighted by atomic mass is 16.5. The van der Waals surface area contributed by atoms with E-state index in [-0.39, 0.29) is 11.8 Å². The highest BCUT2D eigenvalue weighted by Crippen LogP contribution is 2.33. The zero-order valence-corrected chi connectivity index (χ0v) is 15.8. The van der Waals surface area contributed by atoms with Crippen LogP contribution in [0.3, 0.4) is 0 Å². The molecule has 1 aliphatic rings. The van der Waals surface area contributed by atoms with Crippen molar-refractivity contribution in [3.8, 4) is 17.0 Å². The van der Waals surface area contributed by atoms with Crippen LogP contribution in [0.5, 0.6) is 5.75 Å². The number of hydrogen-bond acceptors (Lipinski definition) is 5. The molecule has 142 valence electrons. The number of methoxy groups -OCH3 is 1. The molecule has 3 aromatic rings. The lowest BCUT2D eigenvalue weighted by molar-refractivity contribution is 0.0705. The van der Waals surface area contributed by atoms with E-state index >= 15 is 0 Å². The zero-order valence-electron chi connectivity index (χ0n) is 15.8. The van der Waals surface area contributed by atoms with E-state index in [1.54, 1.807) is 38.0 Å². The van der Waals surface area contributed by atoms with Crippen LogP contribution in [0.1, 0.15) is 34.8 Å². The van der Waals surface area contributed by atoms with Gasteiger partial charge in [-0.1, -0.05) is 12.1 Å². The smallest absolute Gasteiger partial charge is 0.255 e. The van der Waals surface area contributed by atoms with Crippen LogP contribution in [0, 0.1) is 0 Å². The van der Waals surface area contributed by atoms with E-state index in [9.17, 15) is 4.79 Å². The average Bonchev–Trinajstić information content (AvgIpc) is 2.79. The van der Waals surface area contributed by atoms with Gasteiger partial charge in [-0.15, -0.1) is 0 Å². The Kier molecular flexibility index (Phi) is 5.28. The number of aromatic nitrogens is 3. The van der Waals surface area contributed by atoms with Gasteiger partial charge in [-0.3, -0.25) is 19.7 Å². The standard InChI is InChI=1S/C22H22N4O2/c1-28-19-8-2-5-16(13-19)20-21(25-11-10-24-20)18-7-4-12-26(15-18)22(27)17-6-3-9-23-14-17/h2-3,5-6,8-11,13-14,18H,4,7,12,15H2,1H3/t18-/m0/s1. The molecule has 0 N–H and O–H groups in total. The molecule has 0 aliphatic carbocycles. The zero-order chi connectivity index (χ0) is 19.3. The van der Waals surface area contributed by atoms with Gasteiger partial charge >= 0.3 is 0 Å². The monoisotopic (exact) mass is 374 g/mol. The molecular formula is C22H22N4O2. The molecule has 0 saturated carbocycles. The van der Waals surface area contributed by atoms with Gasteiger partial charge in [-0.05, 0) is 37.1 Å². The molecule has 0 unspecified atom stereocenters. The number of piperidine rings is 1. The van der Waals surface area contributed by atoms with Gasteiger partial charge in [0.1, 0.15) is 5.75 Å². The molecule has 0 spiro atoms. The molecule has 6 heteroatoms. The van der Waals surface area contributed by atoms with Gasteiger partial charge in [0.25, 0.3) is 5.91 Å². The second-order valence-electron chi connectivity index (χ2n) is 6.85. The van der Waals surface area contributed by atoms with Crippen molar-refractivity contribution in [3.63, 3.8) is 0 Å². The number of rotatable bonds is 4. The predicted octanol–water partition coefficient (Wildman–Crippen LogP) is 3.57. The fraction of sp³-hybridized carbons (Fsp3) is 0.273. The molecule has 1 fully saturated rings. The quantitative estimate of drug-likeness (QED) is 0.698. The van der Waals surface area contributed by atoms with E-state index in [1.165, 1.54) is 0 Å². The third-order valence-corrected chi connectivity index (χ3v) is 5.07. The molecule has 3 heterocycles. The first-order valence-corrected chi connectivity index (χ1v) is 9.41. The highest BCUT2D eigenvalue weighted by Gasteiger charge is 2.28. The lowest BCUT2D eigenvalue weighted by Crippen LogP contribution is -2.39. The van der Waals surface area contributed by atoms with Crippen molar-refractivity contribution in [3.05, 3.63) is 72.4 Å². The van der Waals surface area contributed by atoms with E-state index in [0.717, 1.165) is 42.1 Å². The second kappa shape index (κ2) is 8.17. The molecular weight excluding hydrogens is 352 g/mol. The van der Waals surface area contributed by atoms with E-state index in [1.807, 2.05) is 35.2 Å². The van der Waals surface area contributed by atoms with Gasteiger partial charge in [0.2, 0.25) is 0 Å². The van der Waals surface area contributed by atoms with Crippen molar-refractivity contribution in [1.29, 1.82) is 0 Å². The number of carbonyl (C=O) groups is 1. The van der Waals surface area contributed by atoms with E-state index < -0.39 is 0 Å². The number of hydrogen-bond donors (Lipinski definition) is 0. The first-order chi connectivity index (χ1) is 13.8. The maximum Gasteiger partial charge on any atom is 0.255 e. The summed E-state index contributed by atoms with van der Waals surface area (Å²) in [7, 11) is 1.65. The summed E-state index contributed by atoms with van der Waals surface area (Å²) in [4.78, 5) is 28.1. The summed E-state index contributed by atoms with van der Waals surface area (Å²) in [6, 6.07) is 11.4. The maximum absolute atomic E-state index is 12.8. The van der Waals surface area contributed by atoms with Gasteiger partial charge < -0.3 is 9.64 Å². The summed E-state index contributed by atoms with van der Waals surface area (Å²) >= 11 is 0. The molecule has 4 rings (SSSR count). The predicted molar refractivity (Wildman–Crippen MR) is 106 cm³/mol. The van der Waals surface area contributed by atoms with Crippen LogP contribution in [0.4, 0.5) is 0 Å². The third kappa shape index (κ3) is 3.71. The van der Waals surface area contributed by atoms with Gasteiger partial charge in [-0.25, -0.2) is 0 Å². The molecule has 1 amide bonds. The normalized spacial score (nSPS) is 16.6. The molecule has 28 heavy (non-hydrogen) atoms. The fourth-order valence-corrected chi connectivity index (χ4v) is 3.70. The van der Waals surface area contributed by atoms with Crippen LogP contribution in [0.2, 0.25) is 0 Å². The number of nitrogens with zero attached hydrogens (tertiary/aromatic N) is 4. The minimum Gasteiger partial charge on any atom is -0.497 e. The molecule has 6 nitrogen and oxygen atoms in total. The van der Waals surface area contributed by atoms with Crippen molar-refractivity contribution in [2.24, 2.45) is 0 Å². The van der Waals surface area contributed by atoms with E-state index in [0.29, 0.717) is 12.1 Å². The van der Waals surface area contributed by atoms with E-state index in [4.69, 9.17) is 4.74 Å². The van der Waals surface area contributed by atoms with Crippen LogP contribution in [0.25, 0.3) is 11.3 Å². The SMILES string of the molecule is COc1cccc(-c2nccnc2[C@H]2CCCN(C(=O)c3cccnc3)C2)c1. The van der Waals surface area contributed by atoms with Gasteiger partial charge in [0.05, 0.1) is 24.1 Å². The summed E-state index contributed by atoms with van der Waals surface area (Å²) in [6.45, 7) is 1.38. The molecule has 1 aromatic carbocycles. The first kappa shape index (κ1) is 18.1. The largest absolute Gasteiger partial charge is 0.497 e. The van der Waals surface area contributed by atoms with Crippen LogP contribution in [0.15, 0.2) is 61.2 Å². The summed E-state index contributed by atoms with van der Waals surface area (Å²) in [5.41, 5.74) is 3.37. The molecule has 1 atom stereocenters. The summed E-state index contributed by atoms with van der Waals surface area (Å²) in [5.74, 6) is 0.944. The number of benzene rings is 1. The minimum atomic E-state index is 0.0182. The van der Waals surface area contributed by atoms with Crippen molar-refractivity contribution >= 4 is 5.91 Å². The van der Waals surface area contributed by atoms with Crippen LogP contribution < -0.4 is 4.74 Å². The van der Waals surface area contributed by atoms with Crippen LogP contribution >= 0.6 is 0 Å². The Morgan fingerprint density at radius 2 is 2.04 bits per heavy atom. The van der Waals surface area contributed by atoms with Gasteiger partial charge in [0.15, 0.2) is 0 Å². The lowest BCUT2D eigenvalue weighted by atomic mass is 9.91. The van der Waals surface area contributed by atoms with Gasteiger partial charge in [0, 0.05) is 49.4 Å². The second-order valence-corrected chi connectivity index (χ2v) is 6.85. The van der Waals surface area contributed by atoms with Crippen LogP contribution in [-0.2, 0) is 0 Å². The fourth-order valence-electron chi connectivity index (χ4n) is 3.70. The van der Waals surface area contributed by atoms with Crippen LogP contribution in [-0.4, -0.2) is 46.0 Å². The maximum atomic E-state index is 12.8. The van der Waals surface area contributed by atoms with Crippen molar-refractivity contribution < 1.29 is 9.53 Å². The minimum absolute atomic E-state index is 0.0182. The highest BCUT2D eigenvalue weighted by molar-refractivity contribution is 5.94. The topological polar surface area (TPSA) is 68.2 Å². The Bertz CT molecular complexity index is 962. The number of ether oxygens (including phenoxy) is 1. The molecule has 1 saturated heterocycles. The Morgan fingerprint density at radius 3 is 2.86 bits per heavy atom. The number of likely N-dealkylation sites (tertiary alicyclic amines) is 1. The Hall–Kier alpha value is -3.28. The Morgan fingerprint density at radius 1 is 1.14 bits per heavy atom. The van der Waals surface area contributed by atoms with E-state index in [2.05, 4.69) is 15.0 Å². The van der Waals surface area contributed by atoms with Crippen molar-refractivity contribution in [2.45, 2.75) is 18.8 Å². The Balaban J connectivity index is 1.62. The summed E-state index contributed by atoms with van der Waals surface area (Å²) in [5, 5.41) is 0. The number of carbonyl (C=O) groups excluding carboxylic acids is 1.